The SMILES string of the molecule is CCc1ccccc1N(CC(=O)N(Cc1ccccc1)C(C)C(=O)NC1CCCC1)S(=O)(=O)c1ccc(C)cc1. The van der Waals surface area contributed by atoms with E-state index in [9.17, 15) is 18.0 Å². The van der Waals surface area contributed by atoms with Gasteiger partial charge in [0, 0.05) is 12.6 Å². The fourth-order valence-electron chi connectivity index (χ4n) is 5.16. The Morgan fingerprint density at radius 1 is 0.925 bits per heavy atom. The highest BCUT2D eigenvalue weighted by Gasteiger charge is 2.34. The highest BCUT2D eigenvalue weighted by molar-refractivity contribution is 7.92. The molecule has 1 atom stereocenters. The van der Waals surface area contributed by atoms with E-state index in [4.69, 9.17) is 0 Å². The van der Waals surface area contributed by atoms with Crippen LogP contribution in [0.2, 0.25) is 0 Å². The monoisotopic (exact) mass is 561 g/mol. The maximum Gasteiger partial charge on any atom is 0.264 e. The lowest BCUT2D eigenvalue weighted by Crippen LogP contribution is -2.52. The van der Waals surface area contributed by atoms with Crippen molar-refractivity contribution in [1.29, 1.82) is 0 Å². The molecule has 1 unspecified atom stereocenters. The standard InChI is InChI=1S/C32H39N3O4S/c1-4-27-14-8-11-17-30(27)35(40(38,39)29-20-18-24(2)19-21-29)23-31(36)34(22-26-12-6-5-7-13-26)25(3)32(37)33-28-15-9-10-16-28/h5-8,11-14,17-21,25,28H,4,9-10,15-16,22-23H2,1-3H3,(H,33,37). The van der Waals surface area contributed by atoms with Gasteiger partial charge in [0.15, 0.2) is 0 Å². The molecule has 3 aromatic carbocycles. The Hall–Kier alpha value is -3.65. The van der Waals surface area contributed by atoms with E-state index in [-0.39, 0.29) is 23.4 Å². The topological polar surface area (TPSA) is 86.8 Å². The van der Waals surface area contributed by atoms with Crippen LogP contribution >= 0.6 is 0 Å². The molecular formula is C32H39N3O4S. The lowest BCUT2D eigenvalue weighted by atomic mass is 10.1. The van der Waals surface area contributed by atoms with Crippen molar-refractivity contribution < 1.29 is 18.0 Å². The molecular weight excluding hydrogens is 522 g/mol. The first-order valence-electron chi connectivity index (χ1n) is 14.0. The molecule has 4 rings (SSSR count). The summed E-state index contributed by atoms with van der Waals surface area (Å²) in [5, 5.41) is 3.10. The molecule has 0 aliphatic heterocycles. The number of benzene rings is 3. The number of amides is 2. The number of nitrogens with one attached hydrogen (secondary N) is 1. The molecule has 1 saturated carbocycles. The summed E-state index contributed by atoms with van der Waals surface area (Å²) in [4.78, 5) is 29.0. The van der Waals surface area contributed by atoms with Gasteiger partial charge in [0.25, 0.3) is 10.0 Å². The molecule has 0 aromatic heterocycles. The van der Waals surface area contributed by atoms with Gasteiger partial charge in [0.05, 0.1) is 10.6 Å². The van der Waals surface area contributed by atoms with Crippen molar-refractivity contribution in [3.63, 3.8) is 0 Å². The lowest BCUT2D eigenvalue weighted by Gasteiger charge is -2.33. The molecule has 0 heterocycles. The van der Waals surface area contributed by atoms with Gasteiger partial charge in [-0.2, -0.15) is 0 Å². The van der Waals surface area contributed by atoms with Crippen LogP contribution in [-0.2, 0) is 32.6 Å². The second-order valence-corrected chi connectivity index (χ2v) is 12.3. The molecule has 212 valence electrons. The molecule has 3 aromatic rings. The van der Waals surface area contributed by atoms with Crippen LogP contribution in [-0.4, -0.2) is 43.8 Å². The summed E-state index contributed by atoms with van der Waals surface area (Å²) in [5.41, 5.74) is 3.07. The van der Waals surface area contributed by atoms with Crippen molar-refractivity contribution in [3.8, 4) is 0 Å². The van der Waals surface area contributed by atoms with Gasteiger partial charge in [-0.15, -0.1) is 0 Å². The number of aryl methyl sites for hydroxylation is 2. The molecule has 1 fully saturated rings. The third-order valence-corrected chi connectivity index (χ3v) is 9.37. The molecule has 1 N–H and O–H groups in total. The largest absolute Gasteiger partial charge is 0.352 e. The van der Waals surface area contributed by atoms with E-state index in [0.29, 0.717) is 12.1 Å². The summed E-state index contributed by atoms with van der Waals surface area (Å²) in [6.45, 7) is 5.32. The molecule has 0 bridgehead atoms. The average Bonchev–Trinajstić information content (AvgIpc) is 3.48. The van der Waals surface area contributed by atoms with Gasteiger partial charge in [-0.25, -0.2) is 8.42 Å². The second kappa shape index (κ2) is 13.1. The Kier molecular flexibility index (Phi) is 9.63. The van der Waals surface area contributed by atoms with Crippen molar-refractivity contribution in [3.05, 3.63) is 95.6 Å². The molecule has 8 heteroatoms. The number of hydrogen-bond acceptors (Lipinski definition) is 4. The molecule has 40 heavy (non-hydrogen) atoms. The van der Waals surface area contributed by atoms with Crippen LogP contribution in [0, 0.1) is 6.92 Å². The molecule has 7 nitrogen and oxygen atoms in total. The summed E-state index contributed by atoms with van der Waals surface area (Å²) < 4.78 is 29.3. The Morgan fingerprint density at radius 2 is 1.55 bits per heavy atom. The van der Waals surface area contributed by atoms with Crippen molar-refractivity contribution >= 4 is 27.5 Å². The van der Waals surface area contributed by atoms with E-state index < -0.39 is 28.5 Å². The summed E-state index contributed by atoms with van der Waals surface area (Å²) in [5.74, 6) is -0.669. The second-order valence-electron chi connectivity index (χ2n) is 10.5. The molecule has 1 aliphatic rings. The van der Waals surface area contributed by atoms with E-state index >= 15 is 0 Å². The van der Waals surface area contributed by atoms with Gasteiger partial charge in [0.1, 0.15) is 12.6 Å². The van der Waals surface area contributed by atoms with Crippen LogP contribution in [0.5, 0.6) is 0 Å². The van der Waals surface area contributed by atoms with Crippen molar-refractivity contribution in [1.82, 2.24) is 10.2 Å². The zero-order chi connectivity index (χ0) is 28.7. The van der Waals surface area contributed by atoms with Gasteiger partial charge < -0.3 is 10.2 Å². The molecule has 0 spiro atoms. The Bertz CT molecular complexity index is 1400. The Balaban J connectivity index is 1.70. The van der Waals surface area contributed by atoms with Crippen LogP contribution in [0.1, 0.15) is 56.2 Å². The van der Waals surface area contributed by atoms with E-state index in [1.807, 2.05) is 56.3 Å². The maximum atomic E-state index is 14.1. The fourth-order valence-corrected chi connectivity index (χ4v) is 6.61. The Morgan fingerprint density at radius 3 is 2.20 bits per heavy atom. The van der Waals surface area contributed by atoms with Crippen molar-refractivity contribution in [2.24, 2.45) is 0 Å². The van der Waals surface area contributed by atoms with E-state index in [0.717, 1.165) is 42.4 Å². The third-order valence-electron chi connectivity index (χ3n) is 7.59. The number of rotatable bonds is 11. The maximum absolute atomic E-state index is 14.1. The van der Waals surface area contributed by atoms with E-state index in [2.05, 4.69) is 5.32 Å². The predicted octanol–water partition coefficient (Wildman–Crippen LogP) is 5.23. The molecule has 2 amide bonds. The normalized spacial score (nSPS) is 14.5. The number of para-hydroxylation sites is 1. The van der Waals surface area contributed by atoms with Crippen LogP contribution < -0.4 is 9.62 Å². The van der Waals surface area contributed by atoms with Crippen LogP contribution in [0.4, 0.5) is 5.69 Å². The van der Waals surface area contributed by atoms with Crippen LogP contribution in [0.25, 0.3) is 0 Å². The van der Waals surface area contributed by atoms with E-state index in [1.165, 1.54) is 9.21 Å². The van der Waals surface area contributed by atoms with Gasteiger partial charge in [-0.3, -0.25) is 13.9 Å². The minimum Gasteiger partial charge on any atom is -0.352 e. The molecule has 0 radical (unpaired) electrons. The Labute approximate surface area is 238 Å². The van der Waals surface area contributed by atoms with Crippen LogP contribution in [0.15, 0.2) is 83.8 Å². The number of carbonyl (C=O) groups is 2. The van der Waals surface area contributed by atoms with Crippen molar-refractivity contribution in [2.45, 2.75) is 76.4 Å². The van der Waals surface area contributed by atoms with Crippen LogP contribution in [0.3, 0.4) is 0 Å². The third kappa shape index (κ3) is 6.91. The van der Waals surface area contributed by atoms with Gasteiger partial charge in [-0.05, 0) is 62.4 Å². The smallest absolute Gasteiger partial charge is 0.264 e. The first-order chi connectivity index (χ1) is 19.2. The average molecular weight is 562 g/mol. The summed E-state index contributed by atoms with van der Waals surface area (Å²) in [7, 11) is -4.08. The summed E-state index contributed by atoms with van der Waals surface area (Å²) >= 11 is 0. The molecule has 0 saturated heterocycles. The number of sulfonamides is 1. The van der Waals surface area contributed by atoms with Gasteiger partial charge in [0.2, 0.25) is 11.8 Å². The minimum absolute atomic E-state index is 0.110. The summed E-state index contributed by atoms with van der Waals surface area (Å²) in [6, 6.07) is 22.6. The van der Waals surface area contributed by atoms with E-state index in [1.54, 1.807) is 43.3 Å². The zero-order valence-corrected chi connectivity index (χ0v) is 24.4. The minimum atomic E-state index is -4.08. The molecule has 1 aliphatic carbocycles. The number of nitrogens with zero attached hydrogens (tertiary/aromatic N) is 2. The zero-order valence-electron chi connectivity index (χ0n) is 23.5. The number of carbonyl (C=O) groups excluding carboxylic acids is 2. The van der Waals surface area contributed by atoms with Gasteiger partial charge in [-0.1, -0.05) is 86.0 Å². The van der Waals surface area contributed by atoms with Crippen molar-refractivity contribution in [2.75, 3.05) is 10.8 Å². The number of anilines is 1. The summed E-state index contributed by atoms with van der Waals surface area (Å²) in [6.07, 6.45) is 4.62. The number of hydrogen-bond donors (Lipinski definition) is 1. The first-order valence-corrected chi connectivity index (χ1v) is 15.5. The fraction of sp³-hybridized carbons (Fsp3) is 0.375. The highest BCUT2D eigenvalue weighted by Crippen LogP contribution is 2.28. The van der Waals surface area contributed by atoms with Gasteiger partial charge >= 0.3 is 0 Å². The first kappa shape index (κ1) is 29.3. The lowest BCUT2D eigenvalue weighted by molar-refractivity contribution is -0.139. The quantitative estimate of drug-likeness (QED) is 0.347. The predicted molar refractivity (Wildman–Crippen MR) is 158 cm³/mol. The highest BCUT2D eigenvalue weighted by atomic mass is 32.2.